The number of pyridine rings is 1. The molecule has 8 heteroatoms. The summed E-state index contributed by atoms with van der Waals surface area (Å²) in [6.07, 6.45) is 3.32. The molecule has 2 aromatic rings. The zero-order chi connectivity index (χ0) is 20.5. The van der Waals surface area contributed by atoms with Crippen LogP contribution < -0.4 is 10.9 Å². The number of aryl methyl sites for hydroxylation is 1. The normalized spacial score (nSPS) is 15.4. The van der Waals surface area contributed by atoms with E-state index in [1.165, 1.54) is 32.4 Å². The van der Waals surface area contributed by atoms with Gasteiger partial charge in [-0.2, -0.15) is 0 Å². The minimum Gasteiger partial charge on any atom is -0.347 e. The summed E-state index contributed by atoms with van der Waals surface area (Å²) in [7, 11) is -0.852. The fraction of sp³-hybridized carbons (Fsp3) is 0.400. The molecule has 1 aromatic heterocycles. The third-order valence-corrected chi connectivity index (χ3v) is 6.69. The highest BCUT2D eigenvalue weighted by Gasteiger charge is 2.33. The van der Waals surface area contributed by atoms with Gasteiger partial charge in [-0.15, -0.1) is 0 Å². The maximum Gasteiger partial charge on any atom is 0.251 e. The molecule has 0 radical (unpaired) electrons. The first-order valence-corrected chi connectivity index (χ1v) is 10.6. The molecule has 0 spiro atoms. The van der Waals surface area contributed by atoms with Crippen LogP contribution in [-0.4, -0.2) is 37.3 Å². The van der Waals surface area contributed by atoms with Gasteiger partial charge in [0.2, 0.25) is 15.9 Å². The lowest BCUT2D eigenvalue weighted by atomic mass is 10.0. The van der Waals surface area contributed by atoms with E-state index >= 15 is 0 Å². The van der Waals surface area contributed by atoms with Crippen LogP contribution >= 0.6 is 0 Å². The Bertz CT molecular complexity index is 1020. The maximum atomic E-state index is 12.6. The summed E-state index contributed by atoms with van der Waals surface area (Å²) in [6.45, 7) is 1.78. The number of carbonyl (C=O) groups excluding carboxylic acids is 1. The molecule has 7 nitrogen and oxygen atoms in total. The molecule has 0 saturated heterocycles. The summed E-state index contributed by atoms with van der Waals surface area (Å²) in [5, 5.41) is 3.01. The van der Waals surface area contributed by atoms with Gasteiger partial charge in [0.15, 0.2) is 0 Å². The van der Waals surface area contributed by atoms with Crippen molar-refractivity contribution in [2.45, 2.75) is 37.2 Å². The Morgan fingerprint density at radius 1 is 1.18 bits per heavy atom. The van der Waals surface area contributed by atoms with E-state index in [-0.39, 0.29) is 23.4 Å². The number of carbonyl (C=O) groups is 1. The second kappa shape index (κ2) is 7.89. The van der Waals surface area contributed by atoms with Crippen LogP contribution in [-0.2, 0) is 21.4 Å². The first-order valence-electron chi connectivity index (χ1n) is 9.17. The Hall–Kier alpha value is -2.45. The summed E-state index contributed by atoms with van der Waals surface area (Å²) in [6, 6.07) is 10.4. The van der Waals surface area contributed by atoms with E-state index in [0.717, 1.165) is 32.8 Å². The maximum absolute atomic E-state index is 12.6. The molecule has 1 N–H and O–H groups in total. The third-order valence-electron chi connectivity index (χ3n) is 4.90. The van der Waals surface area contributed by atoms with Gasteiger partial charge >= 0.3 is 0 Å². The Morgan fingerprint density at radius 3 is 2.39 bits per heavy atom. The fourth-order valence-electron chi connectivity index (χ4n) is 3.05. The van der Waals surface area contributed by atoms with E-state index in [1.54, 1.807) is 0 Å². The second-order valence-electron chi connectivity index (χ2n) is 7.41. The molecule has 1 atom stereocenters. The molecular weight excluding hydrogens is 378 g/mol. The fourth-order valence-corrected chi connectivity index (χ4v) is 3.97. The van der Waals surface area contributed by atoms with Gasteiger partial charge in [0.1, 0.15) is 6.54 Å². The summed E-state index contributed by atoms with van der Waals surface area (Å²) in [5.74, 6) is 0.0720. The summed E-state index contributed by atoms with van der Waals surface area (Å²) >= 11 is 0. The standard InChI is InChI=1S/C20H25N3O4S/c1-14-4-6-15(7-5-14)20(16-8-9-16)21-18(24)13-23-12-17(10-11-19(23)25)28(26,27)22(2)3/h4-7,10-12,16,20H,8-9,13H2,1-3H3,(H,21,24). The van der Waals surface area contributed by atoms with Gasteiger partial charge in [0.05, 0.1) is 10.9 Å². The number of nitrogens with one attached hydrogen (secondary N) is 1. The molecule has 150 valence electrons. The lowest BCUT2D eigenvalue weighted by Crippen LogP contribution is -2.35. The molecule has 28 heavy (non-hydrogen) atoms. The van der Waals surface area contributed by atoms with E-state index in [1.807, 2.05) is 31.2 Å². The molecule has 1 aliphatic carbocycles. The Labute approximate surface area is 165 Å². The van der Waals surface area contributed by atoms with Crippen molar-refractivity contribution in [3.63, 3.8) is 0 Å². The summed E-state index contributed by atoms with van der Waals surface area (Å²) < 4.78 is 26.8. The van der Waals surface area contributed by atoms with Crippen molar-refractivity contribution in [3.05, 3.63) is 64.1 Å². The molecule has 1 saturated carbocycles. The number of nitrogens with zero attached hydrogens (tertiary/aromatic N) is 2. The Morgan fingerprint density at radius 2 is 1.82 bits per heavy atom. The van der Waals surface area contributed by atoms with Crippen LogP contribution in [0.25, 0.3) is 0 Å². The van der Waals surface area contributed by atoms with Crippen LogP contribution in [0.5, 0.6) is 0 Å². The van der Waals surface area contributed by atoms with E-state index in [9.17, 15) is 18.0 Å². The molecule has 1 aromatic carbocycles. The number of rotatable bonds is 7. The van der Waals surface area contributed by atoms with Gasteiger partial charge in [-0.05, 0) is 37.3 Å². The minimum atomic E-state index is -3.68. The molecule has 0 aliphatic heterocycles. The van der Waals surface area contributed by atoms with Crippen LogP contribution in [0.15, 0.2) is 52.3 Å². The van der Waals surface area contributed by atoms with Gasteiger partial charge in [-0.25, -0.2) is 12.7 Å². The monoisotopic (exact) mass is 403 g/mol. The lowest BCUT2D eigenvalue weighted by molar-refractivity contribution is -0.122. The van der Waals surface area contributed by atoms with Crippen molar-refractivity contribution in [1.82, 2.24) is 14.2 Å². The quantitative estimate of drug-likeness (QED) is 0.762. The van der Waals surface area contributed by atoms with Gasteiger partial charge in [-0.3, -0.25) is 9.59 Å². The first-order chi connectivity index (χ1) is 13.2. The van der Waals surface area contributed by atoms with Crippen molar-refractivity contribution in [3.8, 4) is 0 Å². The van der Waals surface area contributed by atoms with Crippen LogP contribution in [0.3, 0.4) is 0 Å². The van der Waals surface area contributed by atoms with E-state index in [4.69, 9.17) is 0 Å². The molecule has 1 heterocycles. The van der Waals surface area contributed by atoms with Crippen LogP contribution in [0.2, 0.25) is 0 Å². The molecule has 1 fully saturated rings. The molecule has 1 amide bonds. The first kappa shape index (κ1) is 20.3. The van der Waals surface area contributed by atoms with Crippen LogP contribution in [0.1, 0.15) is 30.0 Å². The Balaban J connectivity index is 1.79. The van der Waals surface area contributed by atoms with E-state index in [0.29, 0.717) is 5.92 Å². The predicted octanol–water partition coefficient (Wildman–Crippen LogP) is 1.67. The van der Waals surface area contributed by atoms with Crippen LogP contribution in [0.4, 0.5) is 0 Å². The minimum absolute atomic E-state index is 0.0258. The van der Waals surface area contributed by atoms with Crippen molar-refractivity contribution in [1.29, 1.82) is 0 Å². The number of sulfonamides is 1. The van der Waals surface area contributed by atoms with Crippen LogP contribution in [0, 0.1) is 12.8 Å². The van der Waals surface area contributed by atoms with Crippen molar-refractivity contribution in [2.75, 3.05) is 14.1 Å². The van der Waals surface area contributed by atoms with Crippen molar-refractivity contribution in [2.24, 2.45) is 5.92 Å². The molecule has 1 unspecified atom stereocenters. The highest BCUT2D eigenvalue weighted by atomic mass is 32.2. The number of hydrogen-bond donors (Lipinski definition) is 1. The summed E-state index contributed by atoms with van der Waals surface area (Å²) in [5.41, 5.74) is 1.76. The second-order valence-corrected chi connectivity index (χ2v) is 9.56. The Kier molecular flexibility index (Phi) is 5.71. The topological polar surface area (TPSA) is 88.5 Å². The average molecular weight is 404 g/mol. The zero-order valence-electron chi connectivity index (χ0n) is 16.3. The highest BCUT2D eigenvalue weighted by molar-refractivity contribution is 7.89. The molecule has 1 aliphatic rings. The van der Waals surface area contributed by atoms with Crippen molar-refractivity contribution < 1.29 is 13.2 Å². The molecular formula is C20H25N3O4S. The van der Waals surface area contributed by atoms with Crippen molar-refractivity contribution >= 4 is 15.9 Å². The lowest BCUT2D eigenvalue weighted by Gasteiger charge is -2.20. The highest BCUT2D eigenvalue weighted by Crippen LogP contribution is 2.41. The van der Waals surface area contributed by atoms with Gasteiger partial charge in [-0.1, -0.05) is 29.8 Å². The smallest absolute Gasteiger partial charge is 0.251 e. The van der Waals surface area contributed by atoms with Gasteiger partial charge < -0.3 is 9.88 Å². The number of amides is 1. The van der Waals surface area contributed by atoms with Gasteiger partial charge in [0, 0.05) is 26.4 Å². The average Bonchev–Trinajstić information content (AvgIpc) is 3.47. The number of aromatic nitrogens is 1. The van der Waals surface area contributed by atoms with E-state index < -0.39 is 15.6 Å². The number of benzene rings is 1. The van der Waals surface area contributed by atoms with Gasteiger partial charge in [0.25, 0.3) is 5.56 Å². The number of hydrogen-bond acceptors (Lipinski definition) is 4. The van der Waals surface area contributed by atoms with E-state index in [2.05, 4.69) is 5.32 Å². The molecule has 0 bridgehead atoms. The SMILES string of the molecule is Cc1ccc(C(NC(=O)Cn2cc(S(=O)(=O)N(C)C)ccc2=O)C2CC2)cc1. The summed E-state index contributed by atoms with van der Waals surface area (Å²) in [4.78, 5) is 24.7. The zero-order valence-corrected chi connectivity index (χ0v) is 17.1. The predicted molar refractivity (Wildman–Crippen MR) is 106 cm³/mol. The largest absolute Gasteiger partial charge is 0.347 e. The molecule has 3 rings (SSSR count). The third kappa shape index (κ3) is 4.51.